The van der Waals surface area contributed by atoms with Crippen LogP contribution in [0, 0.1) is 0 Å². The molecule has 44 valence electrons. The molecule has 1 heterocycles. The molecule has 0 fully saturated rings. The van der Waals surface area contributed by atoms with Gasteiger partial charge in [0.25, 0.3) is 5.95 Å². The summed E-state index contributed by atoms with van der Waals surface area (Å²) < 4.78 is 23.6. The Bertz CT molecular complexity index is 152. The minimum atomic E-state index is -1.09. The van der Waals surface area contributed by atoms with E-state index < -0.39 is 11.8 Å². The molecule has 8 heavy (non-hydrogen) atoms. The molecular weight excluding hydrogens is 116 g/mol. The summed E-state index contributed by atoms with van der Waals surface area (Å²) in [6.45, 7) is 0. The van der Waals surface area contributed by atoms with Gasteiger partial charge in [-0.15, -0.1) is 0 Å². The standard InChI is InChI=1S/C4H3F2NO/c5-3-1-2-8-7-4(3)6/h1-2,7H. The Hall–Kier alpha value is -1.06. The number of hydroxylamine groups is 1. The number of halogens is 2. The van der Waals surface area contributed by atoms with Gasteiger partial charge in [0.1, 0.15) is 6.26 Å². The maximum atomic E-state index is 11.9. The van der Waals surface area contributed by atoms with E-state index in [4.69, 9.17) is 0 Å². The lowest BCUT2D eigenvalue weighted by Crippen LogP contribution is -2.10. The molecule has 1 rings (SSSR count). The number of rotatable bonds is 0. The van der Waals surface area contributed by atoms with Crippen molar-refractivity contribution < 1.29 is 13.6 Å². The van der Waals surface area contributed by atoms with E-state index in [-0.39, 0.29) is 0 Å². The van der Waals surface area contributed by atoms with Crippen molar-refractivity contribution in [2.24, 2.45) is 0 Å². The van der Waals surface area contributed by atoms with Crippen LogP contribution in [-0.2, 0) is 4.84 Å². The van der Waals surface area contributed by atoms with Gasteiger partial charge in [-0.25, -0.2) is 4.39 Å². The largest absolute Gasteiger partial charge is 0.388 e. The Morgan fingerprint density at radius 1 is 1.50 bits per heavy atom. The molecule has 1 N–H and O–H groups in total. The van der Waals surface area contributed by atoms with Gasteiger partial charge in [0.05, 0.1) is 0 Å². The maximum absolute atomic E-state index is 11.9. The minimum Gasteiger partial charge on any atom is -0.388 e. The van der Waals surface area contributed by atoms with Crippen LogP contribution in [0.3, 0.4) is 0 Å². The molecule has 0 aromatic carbocycles. The summed E-state index contributed by atoms with van der Waals surface area (Å²) in [5.41, 5.74) is 1.68. The Labute approximate surface area is 44.4 Å². The first-order chi connectivity index (χ1) is 3.80. The van der Waals surface area contributed by atoms with Gasteiger partial charge in [-0.05, 0) is 0 Å². The van der Waals surface area contributed by atoms with E-state index in [9.17, 15) is 8.78 Å². The van der Waals surface area contributed by atoms with Gasteiger partial charge in [0.2, 0.25) is 0 Å². The Kier molecular flexibility index (Phi) is 1.15. The number of hydrogen-bond donors (Lipinski definition) is 1. The second-order valence-electron chi connectivity index (χ2n) is 1.18. The van der Waals surface area contributed by atoms with Crippen LogP contribution in [0.15, 0.2) is 24.1 Å². The zero-order valence-electron chi connectivity index (χ0n) is 3.82. The molecule has 2 nitrogen and oxygen atoms in total. The van der Waals surface area contributed by atoms with Crippen LogP contribution < -0.4 is 5.48 Å². The van der Waals surface area contributed by atoms with Crippen molar-refractivity contribution in [3.63, 3.8) is 0 Å². The molecule has 0 radical (unpaired) electrons. The first-order valence-corrected chi connectivity index (χ1v) is 1.94. The monoisotopic (exact) mass is 119 g/mol. The van der Waals surface area contributed by atoms with Crippen molar-refractivity contribution in [2.75, 3.05) is 0 Å². The fourth-order valence-corrected chi connectivity index (χ4v) is 0.301. The fraction of sp³-hybridized carbons (Fsp3) is 0. The second kappa shape index (κ2) is 1.81. The lowest BCUT2D eigenvalue weighted by Gasteiger charge is -2.04. The van der Waals surface area contributed by atoms with E-state index in [0.717, 1.165) is 12.3 Å². The summed E-state index contributed by atoms with van der Waals surface area (Å²) in [5, 5.41) is 0. The van der Waals surface area contributed by atoms with Crippen LogP contribution in [-0.4, -0.2) is 0 Å². The van der Waals surface area contributed by atoms with Gasteiger partial charge in [-0.1, -0.05) is 0 Å². The van der Waals surface area contributed by atoms with Crippen molar-refractivity contribution in [1.29, 1.82) is 0 Å². The zero-order chi connectivity index (χ0) is 5.98. The highest BCUT2D eigenvalue weighted by Gasteiger charge is 2.04. The molecule has 0 saturated heterocycles. The molecule has 0 aromatic heterocycles. The number of nitrogens with one attached hydrogen (secondary N) is 1. The van der Waals surface area contributed by atoms with E-state index in [0.29, 0.717) is 0 Å². The highest BCUT2D eigenvalue weighted by molar-refractivity contribution is 5.13. The predicted octanol–water partition coefficient (Wildman–Crippen LogP) is 1.14. The molecule has 0 saturated carbocycles. The molecule has 4 heteroatoms. The van der Waals surface area contributed by atoms with Gasteiger partial charge >= 0.3 is 0 Å². The van der Waals surface area contributed by atoms with E-state index in [2.05, 4.69) is 4.84 Å². The summed E-state index contributed by atoms with van der Waals surface area (Å²) >= 11 is 0. The van der Waals surface area contributed by atoms with Gasteiger partial charge in [-0.3, -0.25) is 0 Å². The normalized spacial score (nSPS) is 17.8. The van der Waals surface area contributed by atoms with Crippen LogP contribution in [0.4, 0.5) is 8.78 Å². The molecule has 1 aliphatic rings. The van der Waals surface area contributed by atoms with Crippen LogP contribution in [0.25, 0.3) is 0 Å². The Morgan fingerprint density at radius 3 is 2.62 bits per heavy atom. The summed E-state index contributed by atoms with van der Waals surface area (Å²) in [6.07, 6.45) is 1.89. The highest BCUT2D eigenvalue weighted by Crippen LogP contribution is 2.09. The summed E-state index contributed by atoms with van der Waals surface area (Å²) in [5.74, 6) is -2.04. The third kappa shape index (κ3) is 0.776. The molecule has 0 unspecified atom stereocenters. The van der Waals surface area contributed by atoms with Gasteiger partial charge in [-0.2, -0.15) is 9.87 Å². The molecule has 0 aliphatic carbocycles. The fourth-order valence-electron chi connectivity index (χ4n) is 0.301. The van der Waals surface area contributed by atoms with Crippen LogP contribution in [0.5, 0.6) is 0 Å². The lowest BCUT2D eigenvalue weighted by atomic mass is 10.5. The van der Waals surface area contributed by atoms with Crippen molar-refractivity contribution in [3.8, 4) is 0 Å². The predicted molar refractivity (Wildman–Crippen MR) is 22.6 cm³/mol. The summed E-state index contributed by atoms with van der Waals surface area (Å²) in [4.78, 5) is 4.15. The quantitative estimate of drug-likeness (QED) is 0.483. The van der Waals surface area contributed by atoms with Crippen molar-refractivity contribution >= 4 is 0 Å². The van der Waals surface area contributed by atoms with Crippen molar-refractivity contribution in [1.82, 2.24) is 5.48 Å². The average molecular weight is 119 g/mol. The number of hydrogen-bond acceptors (Lipinski definition) is 2. The van der Waals surface area contributed by atoms with Crippen molar-refractivity contribution in [2.45, 2.75) is 0 Å². The Balaban J connectivity index is 2.76. The molecule has 0 aromatic rings. The molecule has 0 spiro atoms. The molecule has 0 bridgehead atoms. The first-order valence-electron chi connectivity index (χ1n) is 1.94. The van der Waals surface area contributed by atoms with Gasteiger partial charge < -0.3 is 4.84 Å². The summed E-state index contributed by atoms with van der Waals surface area (Å²) in [7, 11) is 0. The third-order valence-corrected chi connectivity index (χ3v) is 0.641. The number of allylic oxidation sites excluding steroid dienone is 2. The summed E-state index contributed by atoms with van der Waals surface area (Å²) in [6, 6.07) is 0. The molecule has 0 amide bonds. The Morgan fingerprint density at radius 2 is 2.25 bits per heavy atom. The smallest absolute Gasteiger partial charge is 0.255 e. The maximum Gasteiger partial charge on any atom is 0.255 e. The lowest BCUT2D eigenvalue weighted by molar-refractivity contribution is 0.127. The second-order valence-corrected chi connectivity index (χ2v) is 1.18. The molecular formula is C4H3F2NO. The SMILES string of the molecule is FC1=C(F)NOC=C1. The zero-order valence-corrected chi connectivity index (χ0v) is 3.82. The van der Waals surface area contributed by atoms with Crippen LogP contribution in [0.2, 0.25) is 0 Å². The van der Waals surface area contributed by atoms with Gasteiger partial charge in [0.15, 0.2) is 5.83 Å². The van der Waals surface area contributed by atoms with Gasteiger partial charge in [0, 0.05) is 6.08 Å². The first kappa shape index (κ1) is 5.08. The van der Waals surface area contributed by atoms with E-state index in [1.807, 2.05) is 0 Å². The highest BCUT2D eigenvalue weighted by atomic mass is 19.2. The van der Waals surface area contributed by atoms with Crippen molar-refractivity contribution in [3.05, 3.63) is 24.1 Å². The van der Waals surface area contributed by atoms with E-state index >= 15 is 0 Å². The minimum absolute atomic E-state index is 0.881. The van der Waals surface area contributed by atoms with E-state index in [1.165, 1.54) is 0 Å². The average Bonchev–Trinajstić information content (AvgIpc) is 1.77. The van der Waals surface area contributed by atoms with E-state index in [1.54, 1.807) is 5.48 Å². The van der Waals surface area contributed by atoms with Crippen LogP contribution >= 0.6 is 0 Å². The molecule has 0 atom stereocenters. The third-order valence-electron chi connectivity index (χ3n) is 0.641. The molecule has 1 aliphatic heterocycles. The topological polar surface area (TPSA) is 21.3 Å². The van der Waals surface area contributed by atoms with Crippen LogP contribution in [0.1, 0.15) is 0 Å².